The van der Waals surface area contributed by atoms with Crippen LogP contribution in [0.15, 0.2) is 0 Å². The third-order valence-corrected chi connectivity index (χ3v) is 3.57. The van der Waals surface area contributed by atoms with Crippen molar-refractivity contribution < 1.29 is 14.7 Å². The first-order valence-corrected chi connectivity index (χ1v) is 7.55. The fraction of sp³-hybridized carbons (Fsp3) is 0.875. The van der Waals surface area contributed by atoms with Gasteiger partial charge in [0.1, 0.15) is 6.04 Å². The Kier molecular flexibility index (Phi) is 6.87. The average molecular weight is 300 g/mol. The second-order valence-corrected chi connectivity index (χ2v) is 7.84. The molecule has 0 fully saturated rings. The zero-order valence-corrected chi connectivity index (χ0v) is 14.7. The molecule has 2 unspecified atom stereocenters. The molecule has 0 aromatic heterocycles. The van der Waals surface area contributed by atoms with Crippen molar-refractivity contribution in [3.05, 3.63) is 0 Å². The van der Waals surface area contributed by atoms with Gasteiger partial charge in [0.15, 0.2) is 0 Å². The van der Waals surface area contributed by atoms with Gasteiger partial charge in [-0.1, -0.05) is 48.5 Å². The molecule has 0 aromatic carbocycles. The first-order chi connectivity index (χ1) is 9.29. The third-order valence-electron chi connectivity index (χ3n) is 3.57. The summed E-state index contributed by atoms with van der Waals surface area (Å²) in [6.07, 6.45) is -0.503. The van der Waals surface area contributed by atoms with E-state index in [0.717, 1.165) is 0 Å². The van der Waals surface area contributed by atoms with Gasteiger partial charge in [0.2, 0.25) is 11.8 Å². The maximum absolute atomic E-state index is 12.0. The molecule has 2 amide bonds. The van der Waals surface area contributed by atoms with E-state index >= 15 is 0 Å². The van der Waals surface area contributed by atoms with Gasteiger partial charge in [-0.15, -0.1) is 0 Å². The molecule has 3 N–H and O–H groups in total. The normalized spacial score (nSPS) is 15.5. The highest BCUT2D eigenvalue weighted by molar-refractivity contribution is 5.89. The number of rotatable bonds is 6. The van der Waals surface area contributed by atoms with Gasteiger partial charge < -0.3 is 15.7 Å². The Morgan fingerprint density at radius 3 is 1.90 bits per heavy atom. The van der Waals surface area contributed by atoms with Gasteiger partial charge in [0, 0.05) is 17.4 Å². The average Bonchev–Trinajstić information content (AvgIpc) is 2.33. The highest BCUT2D eigenvalue weighted by Gasteiger charge is 2.31. The lowest BCUT2D eigenvalue weighted by molar-refractivity contribution is -0.133. The van der Waals surface area contributed by atoms with Crippen LogP contribution in [0, 0.1) is 16.7 Å². The maximum Gasteiger partial charge on any atom is 0.242 e. The minimum absolute atomic E-state index is 0.120. The minimum Gasteiger partial charge on any atom is -0.392 e. The number of carbonyl (C=O) groups is 2. The predicted molar refractivity (Wildman–Crippen MR) is 84.7 cm³/mol. The molecule has 0 rings (SSSR count). The summed E-state index contributed by atoms with van der Waals surface area (Å²) in [6.45, 7) is 15.1. The molecule has 0 aromatic rings. The topological polar surface area (TPSA) is 78.4 Å². The van der Waals surface area contributed by atoms with Crippen LogP contribution in [0.5, 0.6) is 0 Å². The molecule has 0 aliphatic carbocycles. The molecule has 21 heavy (non-hydrogen) atoms. The summed E-state index contributed by atoms with van der Waals surface area (Å²) >= 11 is 0. The molecule has 0 aliphatic heterocycles. The molecule has 0 saturated heterocycles. The van der Waals surface area contributed by atoms with Crippen LogP contribution in [0.2, 0.25) is 0 Å². The molecule has 0 bridgehead atoms. The summed E-state index contributed by atoms with van der Waals surface area (Å²) in [5.74, 6) is -0.279. The van der Waals surface area contributed by atoms with Gasteiger partial charge in [-0.05, 0) is 12.8 Å². The zero-order valence-electron chi connectivity index (χ0n) is 14.7. The van der Waals surface area contributed by atoms with Crippen LogP contribution in [0.1, 0.15) is 55.4 Å². The number of amides is 2. The second-order valence-electron chi connectivity index (χ2n) is 7.84. The van der Waals surface area contributed by atoms with Crippen molar-refractivity contribution in [2.45, 2.75) is 67.5 Å². The van der Waals surface area contributed by atoms with E-state index in [1.807, 2.05) is 27.7 Å². The van der Waals surface area contributed by atoms with Gasteiger partial charge in [0.05, 0.1) is 6.10 Å². The SMILES string of the molecule is CC(NC(=O)C(C)(C)C)C(=O)NCC(C)(C)C(O)C(C)C. The second kappa shape index (κ2) is 7.25. The van der Waals surface area contributed by atoms with E-state index in [0.29, 0.717) is 6.54 Å². The number of hydrogen-bond donors (Lipinski definition) is 3. The van der Waals surface area contributed by atoms with E-state index < -0.39 is 23.0 Å². The van der Waals surface area contributed by atoms with Gasteiger partial charge in [0.25, 0.3) is 0 Å². The van der Waals surface area contributed by atoms with Crippen LogP contribution in [0.25, 0.3) is 0 Å². The van der Waals surface area contributed by atoms with Gasteiger partial charge >= 0.3 is 0 Å². The summed E-state index contributed by atoms with van der Waals surface area (Å²) in [5.41, 5.74) is -0.945. The van der Waals surface area contributed by atoms with Crippen molar-refractivity contribution in [3.8, 4) is 0 Å². The molecular formula is C16H32N2O3. The predicted octanol–water partition coefficient (Wildman–Crippen LogP) is 1.70. The Labute approximate surface area is 128 Å². The van der Waals surface area contributed by atoms with Crippen molar-refractivity contribution in [3.63, 3.8) is 0 Å². The fourth-order valence-electron chi connectivity index (χ4n) is 1.95. The lowest BCUT2D eigenvalue weighted by Crippen LogP contribution is -2.51. The Hall–Kier alpha value is -1.10. The zero-order chi connectivity index (χ0) is 17.0. The van der Waals surface area contributed by atoms with Crippen LogP contribution >= 0.6 is 0 Å². The van der Waals surface area contributed by atoms with E-state index in [-0.39, 0.29) is 17.7 Å². The highest BCUT2D eigenvalue weighted by Crippen LogP contribution is 2.25. The number of aliphatic hydroxyl groups is 1. The van der Waals surface area contributed by atoms with Crippen molar-refractivity contribution >= 4 is 11.8 Å². The monoisotopic (exact) mass is 300 g/mol. The van der Waals surface area contributed by atoms with Gasteiger partial charge in [-0.3, -0.25) is 9.59 Å². The minimum atomic E-state index is -0.594. The van der Waals surface area contributed by atoms with Crippen molar-refractivity contribution in [1.29, 1.82) is 0 Å². The summed E-state index contributed by atoms with van der Waals surface area (Å²) in [5, 5.41) is 15.6. The maximum atomic E-state index is 12.0. The number of aliphatic hydroxyl groups excluding tert-OH is 1. The molecular weight excluding hydrogens is 268 g/mol. The van der Waals surface area contributed by atoms with Crippen LogP contribution in [0.4, 0.5) is 0 Å². The first-order valence-electron chi connectivity index (χ1n) is 7.55. The Balaban J connectivity index is 4.47. The number of nitrogens with one attached hydrogen (secondary N) is 2. The number of carbonyl (C=O) groups excluding carboxylic acids is 2. The Morgan fingerprint density at radius 2 is 1.52 bits per heavy atom. The van der Waals surface area contributed by atoms with Crippen LogP contribution in [-0.4, -0.2) is 35.6 Å². The van der Waals surface area contributed by atoms with E-state index in [1.54, 1.807) is 27.7 Å². The standard InChI is InChI=1S/C16H32N2O3/c1-10(2)12(19)16(7,8)9-17-13(20)11(3)18-14(21)15(4,5)6/h10-12,19H,9H2,1-8H3,(H,17,20)(H,18,21). The van der Waals surface area contributed by atoms with Crippen molar-refractivity contribution in [1.82, 2.24) is 10.6 Å². The molecule has 124 valence electrons. The Bertz CT molecular complexity index is 370. The lowest BCUT2D eigenvalue weighted by atomic mass is 9.80. The van der Waals surface area contributed by atoms with Crippen LogP contribution < -0.4 is 10.6 Å². The third kappa shape index (κ3) is 6.46. The largest absolute Gasteiger partial charge is 0.392 e. The molecule has 0 radical (unpaired) electrons. The fourth-order valence-corrected chi connectivity index (χ4v) is 1.95. The molecule has 0 saturated carbocycles. The van der Waals surface area contributed by atoms with E-state index in [1.165, 1.54) is 0 Å². The smallest absolute Gasteiger partial charge is 0.242 e. The van der Waals surface area contributed by atoms with Gasteiger partial charge in [-0.25, -0.2) is 0 Å². The molecule has 5 heteroatoms. The van der Waals surface area contributed by atoms with Crippen molar-refractivity contribution in [2.75, 3.05) is 6.54 Å². The highest BCUT2D eigenvalue weighted by atomic mass is 16.3. The summed E-state index contributed by atoms with van der Waals surface area (Å²) in [6, 6.07) is -0.594. The van der Waals surface area contributed by atoms with E-state index in [4.69, 9.17) is 0 Å². The molecule has 0 heterocycles. The summed E-state index contributed by atoms with van der Waals surface area (Å²) in [4.78, 5) is 23.9. The number of hydrogen-bond acceptors (Lipinski definition) is 3. The molecule has 5 nitrogen and oxygen atoms in total. The molecule has 0 aliphatic rings. The van der Waals surface area contributed by atoms with Crippen molar-refractivity contribution in [2.24, 2.45) is 16.7 Å². The molecule has 0 spiro atoms. The molecule has 2 atom stereocenters. The van der Waals surface area contributed by atoms with Gasteiger partial charge in [-0.2, -0.15) is 0 Å². The van der Waals surface area contributed by atoms with E-state index in [2.05, 4.69) is 10.6 Å². The lowest BCUT2D eigenvalue weighted by Gasteiger charge is -2.33. The summed E-state index contributed by atoms with van der Waals surface area (Å²) < 4.78 is 0. The Morgan fingerprint density at radius 1 is 1.05 bits per heavy atom. The van der Waals surface area contributed by atoms with E-state index in [9.17, 15) is 14.7 Å². The quantitative estimate of drug-likeness (QED) is 0.698. The summed E-state index contributed by atoms with van der Waals surface area (Å²) in [7, 11) is 0. The van der Waals surface area contributed by atoms with Crippen LogP contribution in [0.3, 0.4) is 0 Å². The first kappa shape index (κ1) is 19.9. The van der Waals surface area contributed by atoms with Crippen LogP contribution in [-0.2, 0) is 9.59 Å².